The van der Waals surface area contributed by atoms with E-state index in [1.807, 2.05) is 6.92 Å². The minimum atomic E-state index is -2.11. The third-order valence-electron chi connectivity index (χ3n) is 1.66. The summed E-state index contributed by atoms with van der Waals surface area (Å²) in [5.41, 5.74) is 0. The molecule has 0 radical (unpaired) electrons. The van der Waals surface area contributed by atoms with Gasteiger partial charge in [0.2, 0.25) is 6.43 Å². The van der Waals surface area contributed by atoms with Crippen LogP contribution in [0.5, 0.6) is 0 Å². The summed E-state index contributed by atoms with van der Waals surface area (Å²) in [6.07, 6.45) is 0.809. The van der Waals surface area contributed by atoms with Gasteiger partial charge in [0.05, 0.1) is 0 Å². The number of hydrogen-bond donors (Lipinski definition) is 0. The molecule has 1 atom stereocenters. The summed E-state index contributed by atoms with van der Waals surface area (Å²) in [7, 11) is 0. The van der Waals surface area contributed by atoms with Gasteiger partial charge < -0.3 is 0 Å². The van der Waals surface area contributed by atoms with Crippen LogP contribution in [0.1, 0.15) is 39.5 Å². The van der Waals surface area contributed by atoms with E-state index in [9.17, 15) is 8.78 Å². The molecule has 0 heterocycles. The summed E-state index contributed by atoms with van der Waals surface area (Å²) in [5.74, 6) is 0.471. The zero-order valence-corrected chi connectivity index (χ0v) is 6.74. The Kier molecular flexibility index (Phi) is 5.55. The molecule has 0 amide bonds. The van der Waals surface area contributed by atoms with Crippen molar-refractivity contribution in [3.05, 3.63) is 0 Å². The van der Waals surface area contributed by atoms with Gasteiger partial charge in [0.25, 0.3) is 0 Å². The Balaban J connectivity index is 3.12. The fourth-order valence-electron chi connectivity index (χ4n) is 1.05. The largest absolute Gasteiger partial charge is 0.238 e. The van der Waals surface area contributed by atoms with Crippen molar-refractivity contribution < 1.29 is 8.78 Å². The molecule has 0 saturated carbocycles. The highest BCUT2D eigenvalue weighted by Crippen LogP contribution is 2.15. The van der Waals surface area contributed by atoms with Gasteiger partial charge in [-0.15, -0.1) is 0 Å². The second kappa shape index (κ2) is 5.63. The first-order valence-corrected chi connectivity index (χ1v) is 3.95. The van der Waals surface area contributed by atoms with E-state index < -0.39 is 6.43 Å². The van der Waals surface area contributed by atoms with E-state index in [1.165, 1.54) is 0 Å². The third-order valence-corrected chi connectivity index (χ3v) is 1.66. The minimum Gasteiger partial charge on any atom is -0.211 e. The number of halogens is 2. The van der Waals surface area contributed by atoms with Crippen LogP contribution in [-0.2, 0) is 0 Å². The Morgan fingerprint density at radius 1 is 1.10 bits per heavy atom. The fourth-order valence-corrected chi connectivity index (χ4v) is 1.05. The normalized spacial score (nSPS) is 14.1. The molecule has 0 fully saturated rings. The highest BCUT2D eigenvalue weighted by Gasteiger charge is 2.05. The molecule has 2 heteroatoms. The van der Waals surface area contributed by atoms with Crippen LogP contribution in [0, 0.1) is 5.92 Å². The van der Waals surface area contributed by atoms with Gasteiger partial charge in [-0.1, -0.05) is 26.7 Å². The molecule has 0 rings (SSSR count). The van der Waals surface area contributed by atoms with Gasteiger partial charge in [-0.3, -0.25) is 0 Å². The van der Waals surface area contributed by atoms with Crippen LogP contribution in [0.3, 0.4) is 0 Å². The van der Waals surface area contributed by atoms with Gasteiger partial charge in [0, 0.05) is 6.42 Å². The molecule has 0 aromatic carbocycles. The molecule has 0 spiro atoms. The van der Waals surface area contributed by atoms with Crippen molar-refractivity contribution in [1.82, 2.24) is 0 Å². The lowest BCUT2D eigenvalue weighted by molar-refractivity contribution is 0.128. The lowest BCUT2D eigenvalue weighted by Gasteiger charge is -2.07. The molecule has 0 aromatic rings. The second-order valence-corrected chi connectivity index (χ2v) is 2.86. The van der Waals surface area contributed by atoms with Crippen molar-refractivity contribution in [2.75, 3.05) is 0 Å². The molecule has 1 unspecified atom stereocenters. The highest BCUT2D eigenvalue weighted by atomic mass is 19.3. The molecule has 62 valence electrons. The average Bonchev–Trinajstić information content (AvgIpc) is 1.85. The third kappa shape index (κ3) is 5.99. The van der Waals surface area contributed by atoms with Crippen LogP contribution in [-0.4, -0.2) is 6.43 Å². The zero-order chi connectivity index (χ0) is 7.98. The second-order valence-electron chi connectivity index (χ2n) is 2.86. The minimum absolute atomic E-state index is 0.0706. The van der Waals surface area contributed by atoms with Crippen LogP contribution in [0.4, 0.5) is 8.78 Å². The fraction of sp³-hybridized carbons (Fsp3) is 1.00. The summed E-state index contributed by atoms with van der Waals surface area (Å²) in [6, 6.07) is 0. The van der Waals surface area contributed by atoms with E-state index in [1.54, 1.807) is 0 Å². The first-order chi connectivity index (χ1) is 4.66. The van der Waals surface area contributed by atoms with Crippen molar-refractivity contribution in [2.24, 2.45) is 5.92 Å². The molecule has 0 N–H and O–H groups in total. The van der Waals surface area contributed by atoms with Crippen molar-refractivity contribution in [1.29, 1.82) is 0 Å². The molecule has 0 saturated heterocycles. The standard InChI is InChI=1S/C8H16F2/c1-3-4-7(2)5-6-8(9)10/h7-8H,3-6H2,1-2H3. The number of alkyl halides is 2. The predicted molar refractivity (Wildman–Crippen MR) is 39.3 cm³/mol. The van der Waals surface area contributed by atoms with Crippen molar-refractivity contribution in [3.63, 3.8) is 0 Å². The topological polar surface area (TPSA) is 0 Å². The molecule has 0 bridgehead atoms. The highest BCUT2D eigenvalue weighted by molar-refractivity contribution is 4.52. The maximum Gasteiger partial charge on any atom is 0.238 e. The van der Waals surface area contributed by atoms with Gasteiger partial charge in [0.1, 0.15) is 0 Å². The van der Waals surface area contributed by atoms with Gasteiger partial charge in [-0.05, 0) is 12.3 Å². The Hall–Kier alpha value is -0.140. The first kappa shape index (κ1) is 9.86. The summed E-state index contributed by atoms with van der Waals surface area (Å²) in [4.78, 5) is 0. The van der Waals surface area contributed by atoms with Crippen molar-refractivity contribution >= 4 is 0 Å². The molecule has 0 aliphatic heterocycles. The van der Waals surface area contributed by atoms with Crippen LogP contribution in [0.25, 0.3) is 0 Å². The summed E-state index contributed by atoms with van der Waals surface area (Å²) in [6.45, 7) is 4.12. The SMILES string of the molecule is CCCC(C)CCC(F)F. The summed E-state index contributed by atoms with van der Waals surface area (Å²) in [5, 5.41) is 0. The Morgan fingerprint density at radius 2 is 1.70 bits per heavy atom. The predicted octanol–water partition coefficient (Wildman–Crippen LogP) is 3.47. The Labute approximate surface area is 61.6 Å². The van der Waals surface area contributed by atoms with E-state index in [0.717, 1.165) is 12.8 Å². The molecular formula is C8H16F2. The average molecular weight is 150 g/mol. The molecule has 10 heavy (non-hydrogen) atoms. The lowest BCUT2D eigenvalue weighted by atomic mass is 10.0. The monoisotopic (exact) mass is 150 g/mol. The Morgan fingerprint density at radius 3 is 2.10 bits per heavy atom. The quantitative estimate of drug-likeness (QED) is 0.563. The smallest absolute Gasteiger partial charge is 0.211 e. The van der Waals surface area contributed by atoms with Gasteiger partial charge >= 0.3 is 0 Å². The van der Waals surface area contributed by atoms with Gasteiger partial charge in [0.15, 0.2) is 0 Å². The van der Waals surface area contributed by atoms with E-state index in [0.29, 0.717) is 12.3 Å². The summed E-state index contributed by atoms with van der Waals surface area (Å²) >= 11 is 0. The molecule has 0 aliphatic carbocycles. The molecule has 0 aromatic heterocycles. The van der Waals surface area contributed by atoms with E-state index in [4.69, 9.17) is 0 Å². The van der Waals surface area contributed by atoms with Crippen molar-refractivity contribution in [3.8, 4) is 0 Å². The van der Waals surface area contributed by atoms with Crippen LogP contribution >= 0.6 is 0 Å². The number of hydrogen-bond acceptors (Lipinski definition) is 0. The molecule has 0 aliphatic rings. The van der Waals surface area contributed by atoms with Crippen LogP contribution < -0.4 is 0 Å². The van der Waals surface area contributed by atoms with Crippen LogP contribution in [0.2, 0.25) is 0 Å². The molecule has 0 nitrogen and oxygen atoms in total. The maximum absolute atomic E-state index is 11.6. The first-order valence-electron chi connectivity index (χ1n) is 3.95. The van der Waals surface area contributed by atoms with E-state index in [2.05, 4.69) is 6.92 Å². The van der Waals surface area contributed by atoms with Gasteiger partial charge in [-0.2, -0.15) is 0 Å². The van der Waals surface area contributed by atoms with E-state index in [-0.39, 0.29) is 6.42 Å². The number of rotatable bonds is 5. The van der Waals surface area contributed by atoms with E-state index >= 15 is 0 Å². The summed E-state index contributed by atoms with van der Waals surface area (Å²) < 4.78 is 23.3. The van der Waals surface area contributed by atoms with Crippen molar-refractivity contribution in [2.45, 2.75) is 46.0 Å². The van der Waals surface area contributed by atoms with Crippen LogP contribution in [0.15, 0.2) is 0 Å². The lowest BCUT2D eigenvalue weighted by Crippen LogP contribution is -1.98. The molecular weight excluding hydrogens is 134 g/mol. The zero-order valence-electron chi connectivity index (χ0n) is 6.74. The maximum atomic E-state index is 11.6. The van der Waals surface area contributed by atoms with Gasteiger partial charge in [-0.25, -0.2) is 8.78 Å². The Bertz CT molecular complexity index is 71.7.